The molecule has 185 valence electrons. The molecule has 13 heteroatoms. The van der Waals surface area contributed by atoms with Crippen molar-refractivity contribution in [2.75, 3.05) is 0 Å². The zero-order chi connectivity index (χ0) is 22.8. The van der Waals surface area contributed by atoms with Crippen molar-refractivity contribution in [1.29, 1.82) is 0 Å². The Balaban J connectivity index is -0.0000000358. The molecule has 0 spiro atoms. The number of halogens is 4. The number of aryl methyl sites for hydroxylation is 2. The van der Waals surface area contributed by atoms with E-state index in [2.05, 4.69) is 108 Å². The van der Waals surface area contributed by atoms with E-state index in [0.717, 1.165) is 0 Å². The fourth-order valence-corrected chi connectivity index (χ4v) is 1.26. The number of hydrogen-bond acceptors (Lipinski definition) is 1. The van der Waals surface area contributed by atoms with Gasteiger partial charge in [0, 0.05) is 17.1 Å². The van der Waals surface area contributed by atoms with Gasteiger partial charge in [-0.25, -0.2) is 36.4 Å². The summed E-state index contributed by atoms with van der Waals surface area (Å²) in [6, 6.07) is 26.5. The molecule has 0 aromatic heterocycles. The molecule has 0 atom stereocenters. The first-order valence-electron chi connectivity index (χ1n) is 6.95. The molecule has 3 aromatic carbocycles. The van der Waals surface area contributed by atoms with Gasteiger partial charge in [-0.1, -0.05) is 13.8 Å². The second-order valence-corrected chi connectivity index (χ2v) is 37.6. The summed E-state index contributed by atoms with van der Waals surface area (Å²) in [6.45, 7) is 13.2. The molecule has 0 unspecified atom stereocenters. The first kappa shape index (κ1) is 54.1. The number of hydrogen-bond donors (Lipinski definition) is 0. The predicted molar refractivity (Wildman–Crippen MR) is 131 cm³/mol. The van der Waals surface area contributed by atoms with Crippen molar-refractivity contribution in [2.24, 2.45) is 0 Å². The minimum Gasteiger partial charge on any atom is -0.693 e. The van der Waals surface area contributed by atoms with Gasteiger partial charge in [0.05, 0.1) is 0 Å². The maximum absolute atomic E-state index is 7.50. The molecule has 0 heterocycles. The van der Waals surface area contributed by atoms with E-state index in [4.69, 9.17) is 19.8 Å². The van der Waals surface area contributed by atoms with Gasteiger partial charge in [0.25, 0.3) is 0 Å². The molecule has 0 aliphatic carbocycles. The summed E-state index contributed by atoms with van der Waals surface area (Å²) < 4.78 is 15.0. The van der Waals surface area contributed by atoms with E-state index in [-0.39, 0.29) is 57.4 Å². The van der Waals surface area contributed by atoms with E-state index < -0.39 is 5.61 Å². The van der Waals surface area contributed by atoms with Crippen LogP contribution in [0.25, 0.3) is 11.7 Å². The van der Waals surface area contributed by atoms with Gasteiger partial charge in [-0.15, -0.1) is 0 Å². The summed E-state index contributed by atoms with van der Waals surface area (Å²) in [6.07, 6.45) is 0. The number of nitrogens with zero attached hydrogens (tertiary/aromatic N) is 1. The van der Waals surface area contributed by atoms with E-state index in [1.165, 1.54) is 11.1 Å². The Bertz CT molecular complexity index is 589. The number of nitroso groups, excluding NO2 is 1. The Morgan fingerprint density at radius 3 is 1.09 bits per heavy atom. The summed E-state index contributed by atoms with van der Waals surface area (Å²) >= 11 is 13.0. The van der Waals surface area contributed by atoms with E-state index >= 15 is 0 Å². The van der Waals surface area contributed by atoms with Crippen LogP contribution in [0.4, 0.5) is 0 Å². The summed E-state index contributed by atoms with van der Waals surface area (Å²) in [5, 5.41) is 0. The van der Waals surface area contributed by atoms with E-state index in [1.54, 1.807) is 0 Å². The molecule has 0 bridgehead atoms. The van der Waals surface area contributed by atoms with Gasteiger partial charge >= 0.3 is 119 Å². The molecule has 0 fully saturated rings. The van der Waals surface area contributed by atoms with Crippen LogP contribution in [0.1, 0.15) is 11.1 Å². The van der Waals surface area contributed by atoms with Crippen molar-refractivity contribution in [2.45, 2.75) is 13.8 Å². The summed E-state index contributed by atoms with van der Waals surface area (Å²) in [5.74, 6) is 0. The Labute approximate surface area is 253 Å². The quantitative estimate of drug-likeness (QED) is 0.125. The Kier molecular flexibility index (Phi) is 77.1. The Morgan fingerprint density at radius 1 is 0.781 bits per heavy atom. The maximum Gasteiger partial charge on any atom is 3.00 e. The van der Waals surface area contributed by atoms with Crippen LogP contribution in [0.3, 0.4) is 0 Å². The minimum atomic E-state index is -1.25. The SMILES string of the molecule is Cc1ccc[cH-]1.Cc1ccc[cH-]1.[Br][Fe-]([Br])([Br])[Br].[C-]#[O+].[C-]#[O+].[Fe+2].[Fe].[Mn+3].[N-]=O.[NH2-].c1cc[cH-]c1. The third-order valence-electron chi connectivity index (χ3n) is 2.21. The predicted octanol–water partition coefficient (Wildman–Crippen LogP) is 9.17. The van der Waals surface area contributed by atoms with Gasteiger partial charge in [-0.3, -0.25) is 0 Å². The number of rotatable bonds is 0. The van der Waals surface area contributed by atoms with Crippen LogP contribution in [-0.2, 0) is 66.1 Å². The zero-order valence-corrected chi connectivity index (χ0v) is 27.5. The monoisotopic (exact) mass is 864 g/mol. The molecule has 0 saturated carbocycles. The minimum absolute atomic E-state index is 0. The third-order valence-corrected chi connectivity index (χ3v) is 2.21. The molecular formula is C19H21Br4Fe3MnN2O3-. The zero-order valence-electron chi connectivity index (χ0n) is 16.7. The van der Waals surface area contributed by atoms with Gasteiger partial charge in [-0.05, 0) is 0 Å². The van der Waals surface area contributed by atoms with Crippen LogP contribution >= 0.6 is 56.4 Å². The van der Waals surface area contributed by atoms with Crippen LogP contribution in [0, 0.1) is 32.1 Å². The molecular weight excluding hydrogens is 846 g/mol. The van der Waals surface area contributed by atoms with Gasteiger partial charge in [0.1, 0.15) is 0 Å². The van der Waals surface area contributed by atoms with Gasteiger partial charge in [-0.2, -0.15) is 53.6 Å². The fraction of sp³-hybridized carbons (Fsp3) is 0.105. The van der Waals surface area contributed by atoms with Crippen molar-refractivity contribution < 1.29 is 66.1 Å². The molecule has 2 N–H and O–H groups in total. The average molecular weight is 867 g/mol. The third kappa shape index (κ3) is 69.7. The summed E-state index contributed by atoms with van der Waals surface area (Å²) in [4.78, 5) is 7.25. The molecule has 0 aliphatic heterocycles. The molecule has 3 rings (SSSR count). The standard InChI is InChI=1S/2C6H7.C5H5.2CO.4BrH.3Fe.Mn.NO.H2N/c2*1-6-4-2-3-5-6;1-2-4-5-3-1;2*1-2;;;;;;;;;1-2;/h2*2-5H,1H3;1-5H;;;4*1H;;;;;;1H2/q3*-1;;;;;;;;+2;2*+3;2*-1/p-4. The summed E-state index contributed by atoms with van der Waals surface area (Å²) in [5.41, 5.74) is 7.19. The Morgan fingerprint density at radius 2 is 1.03 bits per heavy atom. The van der Waals surface area contributed by atoms with Crippen molar-refractivity contribution in [3.63, 3.8) is 0 Å². The molecule has 0 radical (unpaired) electrons. The van der Waals surface area contributed by atoms with Crippen LogP contribution in [0.5, 0.6) is 0 Å². The molecule has 3 aromatic rings. The average Bonchev–Trinajstić information content (AvgIpc) is 3.45. The van der Waals surface area contributed by atoms with Crippen LogP contribution < -0.4 is 0 Å². The topological polar surface area (TPSA) is 113 Å². The molecule has 0 saturated heterocycles. The van der Waals surface area contributed by atoms with Crippen LogP contribution in [0.15, 0.2) is 78.9 Å². The fourth-order valence-electron chi connectivity index (χ4n) is 1.26. The first-order chi connectivity index (χ1) is 13.3. The van der Waals surface area contributed by atoms with Gasteiger partial charge < -0.3 is 16.7 Å². The maximum atomic E-state index is 7.50. The normalized spacial score (nSPS) is 7.19. The smallest absolute Gasteiger partial charge is 0.693 e. The van der Waals surface area contributed by atoms with Gasteiger partial charge in [0.2, 0.25) is 0 Å². The Hall–Kier alpha value is 1.09. The summed E-state index contributed by atoms with van der Waals surface area (Å²) in [7, 11) is 0. The van der Waals surface area contributed by atoms with Crippen molar-refractivity contribution in [1.82, 2.24) is 0 Å². The van der Waals surface area contributed by atoms with E-state index in [1.807, 2.05) is 54.6 Å². The second kappa shape index (κ2) is 45.6. The van der Waals surface area contributed by atoms with Crippen molar-refractivity contribution in [3.05, 3.63) is 120 Å². The van der Waals surface area contributed by atoms with Crippen molar-refractivity contribution >= 4 is 56.4 Å². The molecule has 0 amide bonds. The van der Waals surface area contributed by atoms with E-state index in [0.29, 0.717) is 0 Å². The van der Waals surface area contributed by atoms with Crippen molar-refractivity contribution in [3.8, 4) is 0 Å². The van der Waals surface area contributed by atoms with Gasteiger partial charge in [0.15, 0.2) is 0 Å². The van der Waals surface area contributed by atoms with Crippen LogP contribution in [0.2, 0.25) is 0 Å². The first-order valence-corrected chi connectivity index (χ1v) is 17.9. The molecule has 32 heavy (non-hydrogen) atoms. The number of nitrogens with two attached hydrogens (primary N) is 1. The van der Waals surface area contributed by atoms with E-state index in [9.17, 15) is 0 Å². The largest absolute Gasteiger partial charge is 3.00 e. The van der Waals surface area contributed by atoms with Crippen LogP contribution in [-0.4, -0.2) is 0 Å². The molecule has 0 aliphatic rings. The molecule has 5 nitrogen and oxygen atoms in total. The second-order valence-electron chi connectivity index (χ2n) is 4.19.